The highest BCUT2D eigenvalue weighted by molar-refractivity contribution is 7.88. The summed E-state index contributed by atoms with van der Waals surface area (Å²) in [6.07, 6.45) is 0. The van der Waals surface area contributed by atoms with Gasteiger partial charge in [0, 0.05) is 23.6 Å². The maximum Gasteiger partial charge on any atom is 0.238 e. The van der Waals surface area contributed by atoms with Gasteiger partial charge in [-0.1, -0.05) is 60.4 Å². The van der Waals surface area contributed by atoms with E-state index in [-0.39, 0.29) is 49.1 Å². The van der Waals surface area contributed by atoms with Gasteiger partial charge in [0.05, 0.1) is 31.0 Å². The topological polar surface area (TPSA) is 77.9 Å². The molecule has 2 aliphatic heterocycles. The minimum Gasteiger partial charge on any atom is -0.394 e. The van der Waals surface area contributed by atoms with Crippen LogP contribution in [-0.4, -0.2) is 60.4 Å². The summed E-state index contributed by atoms with van der Waals surface area (Å²) in [6.45, 7) is -0.239. The third-order valence-corrected chi connectivity index (χ3v) is 8.54. The number of piperazine rings is 1. The number of carbonyl (C=O) groups is 1. The van der Waals surface area contributed by atoms with Gasteiger partial charge >= 0.3 is 0 Å². The van der Waals surface area contributed by atoms with Crippen LogP contribution in [0.15, 0.2) is 78.9 Å². The Balaban J connectivity index is 1.34. The van der Waals surface area contributed by atoms with E-state index in [9.17, 15) is 22.7 Å². The average Bonchev–Trinajstić information content (AvgIpc) is 2.85. The standard InChI is InChI=1S/C28H25FN2O4S/c29-24-8-4-7-21(15-24)10-9-20-11-13-23(14-12-20)28-25-16-30(17-27(33)31(25)26(28)18-32)36(34,35)19-22-5-2-1-3-6-22/h1-8,11-15,25-26,28,32H,16-19H2/t25-,26+,28+/m0/s1. The zero-order valence-corrected chi connectivity index (χ0v) is 20.2. The Morgan fingerprint density at radius 2 is 1.67 bits per heavy atom. The summed E-state index contributed by atoms with van der Waals surface area (Å²) < 4.78 is 40.8. The van der Waals surface area contributed by atoms with E-state index in [4.69, 9.17) is 0 Å². The number of halogens is 1. The van der Waals surface area contributed by atoms with Crippen molar-refractivity contribution in [3.05, 3.63) is 107 Å². The summed E-state index contributed by atoms with van der Waals surface area (Å²) in [6, 6.07) is 21.7. The zero-order valence-electron chi connectivity index (χ0n) is 19.4. The third kappa shape index (κ3) is 4.78. The van der Waals surface area contributed by atoms with Gasteiger partial charge in [-0.3, -0.25) is 4.79 Å². The Labute approximate surface area is 210 Å². The maximum atomic E-state index is 13.4. The van der Waals surface area contributed by atoms with Gasteiger partial charge in [0.15, 0.2) is 0 Å². The predicted octanol–water partition coefficient (Wildman–Crippen LogP) is 2.73. The molecule has 36 heavy (non-hydrogen) atoms. The smallest absolute Gasteiger partial charge is 0.238 e. The number of hydrogen-bond donors (Lipinski definition) is 1. The number of amides is 1. The number of nitrogens with zero attached hydrogens (tertiary/aromatic N) is 2. The van der Waals surface area contributed by atoms with Crippen molar-refractivity contribution in [2.75, 3.05) is 19.7 Å². The van der Waals surface area contributed by atoms with Crippen molar-refractivity contribution in [1.29, 1.82) is 0 Å². The molecular weight excluding hydrogens is 479 g/mol. The van der Waals surface area contributed by atoms with E-state index in [2.05, 4.69) is 11.8 Å². The molecule has 6 nitrogen and oxygen atoms in total. The van der Waals surface area contributed by atoms with Gasteiger partial charge in [0.1, 0.15) is 5.82 Å². The first-order chi connectivity index (χ1) is 17.4. The molecule has 0 aliphatic carbocycles. The van der Waals surface area contributed by atoms with E-state index in [0.717, 1.165) is 11.1 Å². The highest BCUT2D eigenvalue weighted by Crippen LogP contribution is 2.43. The van der Waals surface area contributed by atoms with Crippen molar-refractivity contribution in [3.63, 3.8) is 0 Å². The first-order valence-electron chi connectivity index (χ1n) is 11.7. The number of fused-ring (bicyclic) bond motifs is 1. The zero-order chi connectivity index (χ0) is 25.3. The lowest BCUT2D eigenvalue weighted by Crippen LogP contribution is -2.73. The first kappa shape index (κ1) is 24.2. The van der Waals surface area contributed by atoms with Crippen LogP contribution in [0.5, 0.6) is 0 Å². The molecule has 0 unspecified atom stereocenters. The van der Waals surface area contributed by atoms with Crippen LogP contribution in [0.3, 0.4) is 0 Å². The quantitative estimate of drug-likeness (QED) is 0.542. The van der Waals surface area contributed by atoms with Gasteiger partial charge < -0.3 is 10.0 Å². The van der Waals surface area contributed by atoms with Gasteiger partial charge in [-0.15, -0.1) is 0 Å². The fourth-order valence-corrected chi connectivity index (χ4v) is 6.54. The molecule has 2 heterocycles. The summed E-state index contributed by atoms with van der Waals surface area (Å²) in [5, 5.41) is 10.0. The van der Waals surface area contributed by atoms with E-state index < -0.39 is 16.1 Å². The van der Waals surface area contributed by atoms with Crippen LogP contribution in [0.1, 0.15) is 28.2 Å². The monoisotopic (exact) mass is 504 g/mol. The molecule has 1 amide bonds. The maximum absolute atomic E-state index is 13.4. The predicted molar refractivity (Wildman–Crippen MR) is 134 cm³/mol. The number of carbonyl (C=O) groups excluding carboxylic acids is 1. The van der Waals surface area contributed by atoms with Crippen LogP contribution in [0, 0.1) is 17.7 Å². The molecule has 0 spiro atoms. The van der Waals surface area contributed by atoms with Gasteiger partial charge in [0.25, 0.3) is 0 Å². The van der Waals surface area contributed by atoms with Crippen LogP contribution in [-0.2, 0) is 20.6 Å². The minimum atomic E-state index is -3.69. The molecule has 0 radical (unpaired) electrons. The molecule has 3 aromatic carbocycles. The summed E-state index contributed by atoms with van der Waals surface area (Å²) in [5.74, 6) is 4.95. The van der Waals surface area contributed by atoms with Crippen molar-refractivity contribution in [2.45, 2.75) is 23.8 Å². The lowest BCUT2D eigenvalue weighted by atomic mass is 9.74. The molecule has 1 N–H and O–H groups in total. The number of benzene rings is 3. The molecule has 0 aromatic heterocycles. The van der Waals surface area contributed by atoms with Gasteiger partial charge in [0.2, 0.25) is 15.9 Å². The van der Waals surface area contributed by atoms with Crippen LogP contribution in [0.4, 0.5) is 4.39 Å². The molecular formula is C28H25FN2O4S. The molecule has 184 valence electrons. The lowest BCUT2D eigenvalue weighted by Gasteiger charge is -2.58. The van der Waals surface area contributed by atoms with Crippen molar-refractivity contribution < 1.29 is 22.7 Å². The van der Waals surface area contributed by atoms with E-state index in [1.165, 1.54) is 16.4 Å². The number of aliphatic hydroxyl groups is 1. The molecule has 0 saturated carbocycles. The molecule has 3 atom stereocenters. The van der Waals surface area contributed by atoms with Gasteiger partial charge in [-0.2, -0.15) is 4.31 Å². The normalized spacial score (nSPS) is 21.8. The highest BCUT2D eigenvalue weighted by atomic mass is 32.2. The second-order valence-corrected chi connectivity index (χ2v) is 11.0. The Bertz CT molecular complexity index is 1430. The van der Waals surface area contributed by atoms with Crippen LogP contribution < -0.4 is 0 Å². The van der Waals surface area contributed by atoms with Crippen LogP contribution >= 0.6 is 0 Å². The van der Waals surface area contributed by atoms with E-state index >= 15 is 0 Å². The Morgan fingerprint density at radius 1 is 0.944 bits per heavy atom. The molecule has 5 rings (SSSR count). The van der Waals surface area contributed by atoms with Crippen LogP contribution in [0.2, 0.25) is 0 Å². The van der Waals surface area contributed by atoms with Crippen LogP contribution in [0.25, 0.3) is 0 Å². The average molecular weight is 505 g/mol. The fraction of sp³-hybridized carbons (Fsp3) is 0.250. The Hall–Kier alpha value is -3.51. The number of rotatable bonds is 5. The molecule has 8 heteroatoms. The van der Waals surface area contributed by atoms with E-state index in [1.807, 2.05) is 30.3 Å². The molecule has 2 fully saturated rings. The minimum absolute atomic E-state index is 0.166. The van der Waals surface area contributed by atoms with Gasteiger partial charge in [-0.05, 0) is 41.5 Å². The summed E-state index contributed by atoms with van der Waals surface area (Å²) >= 11 is 0. The molecule has 2 saturated heterocycles. The highest BCUT2D eigenvalue weighted by Gasteiger charge is 2.55. The Morgan fingerprint density at radius 3 is 2.36 bits per heavy atom. The van der Waals surface area contributed by atoms with E-state index in [0.29, 0.717) is 11.1 Å². The lowest BCUT2D eigenvalue weighted by molar-refractivity contribution is -0.158. The largest absolute Gasteiger partial charge is 0.394 e. The summed E-state index contributed by atoms with van der Waals surface area (Å²) in [5.41, 5.74) is 2.89. The second kappa shape index (κ2) is 9.86. The summed E-state index contributed by atoms with van der Waals surface area (Å²) in [7, 11) is -3.69. The first-order valence-corrected chi connectivity index (χ1v) is 13.3. The molecule has 2 aliphatic rings. The number of aliphatic hydroxyl groups excluding tert-OH is 1. The summed E-state index contributed by atoms with van der Waals surface area (Å²) in [4.78, 5) is 14.5. The fourth-order valence-electron chi connectivity index (χ4n) is 5.06. The van der Waals surface area contributed by atoms with Crippen molar-refractivity contribution in [1.82, 2.24) is 9.21 Å². The molecule has 0 bridgehead atoms. The second-order valence-electron chi connectivity index (χ2n) is 9.06. The SMILES string of the molecule is O=C1CN(S(=O)(=O)Cc2ccccc2)C[C@H]2[C@@H](c3ccc(C#Cc4cccc(F)c4)cc3)[C@@H](CO)N12. The number of hydrogen-bond acceptors (Lipinski definition) is 4. The van der Waals surface area contributed by atoms with Crippen molar-refractivity contribution in [3.8, 4) is 11.8 Å². The molecule has 3 aromatic rings. The Kier molecular flexibility index (Phi) is 6.63. The van der Waals surface area contributed by atoms with Gasteiger partial charge in [-0.25, -0.2) is 12.8 Å². The van der Waals surface area contributed by atoms with Crippen molar-refractivity contribution >= 4 is 15.9 Å². The third-order valence-electron chi connectivity index (χ3n) is 6.78. The van der Waals surface area contributed by atoms with E-state index in [1.54, 1.807) is 41.3 Å². The number of sulfonamides is 1. The van der Waals surface area contributed by atoms with Crippen molar-refractivity contribution in [2.24, 2.45) is 0 Å².